The molecule has 1 aliphatic carbocycles. The lowest BCUT2D eigenvalue weighted by molar-refractivity contribution is -0.121. The summed E-state index contributed by atoms with van der Waals surface area (Å²) >= 11 is 0. The van der Waals surface area contributed by atoms with Gasteiger partial charge in [0.2, 0.25) is 5.52 Å². The lowest BCUT2D eigenvalue weighted by Gasteiger charge is -2.09. The zero-order valence-corrected chi connectivity index (χ0v) is 10.8. The van der Waals surface area contributed by atoms with Crippen molar-refractivity contribution in [3.8, 4) is 0 Å². The normalized spacial score (nSPS) is 30.6. The van der Waals surface area contributed by atoms with Crippen molar-refractivity contribution in [2.45, 2.75) is 27.7 Å². The third kappa shape index (κ3) is 2.12. The van der Waals surface area contributed by atoms with Crippen LogP contribution in [0.15, 0.2) is 0 Å². The molecular weight excluding hydrogens is 231 g/mol. The van der Waals surface area contributed by atoms with Gasteiger partial charge in [0.05, 0.1) is 6.61 Å². The lowest BCUT2D eigenvalue weighted by atomic mass is 10.1. The van der Waals surface area contributed by atoms with Gasteiger partial charge in [0.25, 0.3) is 0 Å². The van der Waals surface area contributed by atoms with Crippen LogP contribution in [0.2, 0.25) is 0 Å². The minimum Gasteiger partial charge on any atom is -0.319 e. The van der Waals surface area contributed by atoms with Crippen LogP contribution in [0.1, 0.15) is 27.7 Å². The summed E-state index contributed by atoms with van der Waals surface area (Å²) in [5, 5.41) is 0. The van der Waals surface area contributed by atoms with Gasteiger partial charge in [0.15, 0.2) is 0 Å². The van der Waals surface area contributed by atoms with Gasteiger partial charge in [0.1, 0.15) is 5.78 Å². The molecule has 0 radical (unpaired) electrons. The Hall–Kier alpha value is -0.510. The summed E-state index contributed by atoms with van der Waals surface area (Å²) in [5.74, 6) is -1.27. The third-order valence-electron chi connectivity index (χ3n) is 3.11. The summed E-state index contributed by atoms with van der Waals surface area (Å²) in [6.45, 7) is 6.41. The number of ketones is 1. The average molecular weight is 248 g/mol. The van der Waals surface area contributed by atoms with Crippen LogP contribution in [0.4, 0.5) is 0 Å². The molecule has 1 fully saturated rings. The molecule has 0 saturated heterocycles. The van der Waals surface area contributed by atoms with E-state index in [4.69, 9.17) is 0 Å². The number of carbonyl (C=O) groups excluding carboxylic acids is 2. The van der Waals surface area contributed by atoms with Crippen molar-refractivity contribution in [2.24, 2.45) is 17.3 Å². The number of carbonyl (C=O) groups is 2. The van der Waals surface area contributed by atoms with Gasteiger partial charge in [-0.2, -0.15) is 0 Å². The number of Topliss-reactive ketones (excluding diaryl/α,β-unsaturated/α-hetero) is 1. The second kappa shape index (κ2) is 4.06. The molecule has 0 aromatic carbocycles. The third-order valence-corrected chi connectivity index (χ3v) is 4.56. The highest BCUT2D eigenvalue weighted by Crippen LogP contribution is 2.64. The maximum absolute atomic E-state index is 11.8. The van der Waals surface area contributed by atoms with Gasteiger partial charge in [-0.15, -0.1) is 0 Å². The molecule has 92 valence electrons. The van der Waals surface area contributed by atoms with Crippen molar-refractivity contribution in [3.63, 3.8) is 0 Å². The Morgan fingerprint density at radius 3 is 2.19 bits per heavy atom. The molecule has 3 unspecified atom stereocenters. The van der Waals surface area contributed by atoms with Crippen molar-refractivity contribution in [1.29, 1.82) is 0 Å². The minimum absolute atomic E-state index is 0.00257. The smallest absolute Gasteiger partial charge is 0.319 e. The lowest BCUT2D eigenvalue weighted by Crippen LogP contribution is -2.09. The van der Waals surface area contributed by atoms with E-state index < -0.39 is 30.4 Å². The summed E-state index contributed by atoms with van der Waals surface area (Å²) in [4.78, 5) is 32.4. The topological polar surface area (TPSA) is 80.7 Å². The molecule has 0 aromatic heterocycles. The molecule has 1 N–H and O–H groups in total. The van der Waals surface area contributed by atoms with Crippen LogP contribution < -0.4 is 0 Å². The van der Waals surface area contributed by atoms with E-state index in [1.807, 2.05) is 0 Å². The van der Waals surface area contributed by atoms with Gasteiger partial charge in [-0.3, -0.25) is 14.2 Å². The molecule has 0 heterocycles. The first-order chi connectivity index (χ1) is 7.16. The predicted octanol–water partition coefficient (Wildman–Crippen LogP) is 1.60. The Labute approximate surface area is 94.7 Å². The van der Waals surface area contributed by atoms with E-state index in [0.717, 1.165) is 0 Å². The maximum Gasteiger partial charge on any atom is 0.394 e. The maximum atomic E-state index is 11.8. The summed E-state index contributed by atoms with van der Waals surface area (Å²) in [6.07, 6.45) is 0. The van der Waals surface area contributed by atoms with Crippen molar-refractivity contribution in [2.75, 3.05) is 6.61 Å². The van der Waals surface area contributed by atoms with E-state index in [1.54, 1.807) is 13.8 Å². The Morgan fingerprint density at radius 2 is 1.88 bits per heavy atom. The summed E-state index contributed by atoms with van der Waals surface area (Å²) < 4.78 is 16.1. The van der Waals surface area contributed by atoms with Crippen molar-refractivity contribution < 1.29 is 23.6 Å². The highest BCUT2D eigenvalue weighted by atomic mass is 31.2. The molecule has 1 aliphatic rings. The predicted molar refractivity (Wildman–Crippen MR) is 57.9 cm³/mol. The van der Waals surface area contributed by atoms with Crippen molar-refractivity contribution in [3.05, 3.63) is 0 Å². The van der Waals surface area contributed by atoms with Gasteiger partial charge in [0, 0.05) is 11.8 Å². The van der Waals surface area contributed by atoms with Gasteiger partial charge < -0.3 is 9.42 Å². The highest BCUT2D eigenvalue weighted by Gasteiger charge is 2.67. The molecule has 0 aliphatic heterocycles. The van der Waals surface area contributed by atoms with E-state index in [-0.39, 0.29) is 12.4 Å². The first-order valence-electron chi connectivity index (χ1n) is 5.18. The molecule has 0 spiro atoms. The first-order valence-corrected chi connectivity index (χ1v) is 6.76. The van der Waals surface area contributed by atoms with Crippen LogP contribution in [-0.2, 0) is 18.7 Å². The zero-order valence-electron chi connectivity index (χ0n) is 9.89. The molecule has 1 saturated carbocycles. The molecule has 5 nitrogen and oxygen atoms in total. The second-order valence-corrected chi connectivity index (χ2v) is 6.40. The highest BCUT2D eigenvalue weighted by molar-refractivity contribution is 7.71. The minimum atomic E-state index is -4.23. The van der Waals surface area contributed by atoms with Gasteiger partial charge >= 0.3 is 7.60 Å². The Bertz CT molecular complexity index is 373. The molecule has 0 aromatic rings. The largest absolute Gasteiger partial charge is 0.394 e. The number of hydrogen-bond donors (Lipinski definition) is 1. The van der Waals surface area contributed by atoms with E-state index in [2.05, 4.69) is 4.52 Å². The molecule has 0 amide bonds. The molecule has 6 heteroatoms. The van der Waals surface area contributed by atoms with Gasteiger partial charge in [-0.1, -0.05) is 13.8 Å². The van der Waals surface area contributed by atoms with Crippen LogP contribution >= 0.6 is 7.60 Å². The van der Waals surface area contributed by atoms with Crippen LogP contribution in [0.3, 0.4) is 0 Å². The van der Waals surface area contributed by atoms with E-state index in [1.165, 1.54) is 13.8 Å². The van der Waals surface area contributed by atoms with Crippen molar-refractivity contribution in [1.82, 2.24) is 0 Å². The molecule has 1 rings (SSSR count). The Kier molecular flexibility index (Phi) is 3.44. The van der Waals surface area contributed by atoms with Crippen LogP contribution in [-0.4, -0.2) is 22.8 Å². The molecule has 16 heavy (non-hydrogen) atoms. The van der Waals surface area contributed by atoms with Crippen LogP contribution in [0.5, 0.6) is 0 Å². The van der Waals surface area contributed by atoms with E-state index >= 15 is 0 Å². The van der Waals surface area contributed by atoms with Gasteiger partial charge in [-0.05, 0) is 19.3 Å². The zero-order chi connectivity index (χ0) is 12.7. The van der Waals surface area contributed by atoms with Crippen LogP contribution in [0.25, 0.3) is 0 Å². The van der Waals surface area contributed by atoms with E-state index in [0.29, 0.717) is 0 Å². The fraction of sp³-hybridized carbons (Fsp3) is 0.800. The second-order valence-electron chi connectivity index (χ2n) is 4.66. The van der Waals surface area contributed by atoms with Gasteiger partial charge in [-0.25, -0.2) is 0 Å². The monoisotopic (exact) mass is 248 g/mol. The molecular formula is C10H17O5P. The fourth-order valence-electron chi connectivity index (χ4n) is 2.27. The first kappa shape index (κ1) is 13.6. The Balaban J connectivity index is 2.86. The summed E-state index contributed by atoms with van der Waals surface area (Å²) in [5.41, 5.74) is -1.36. The average Bonchev–Trinajstić information content (AvgIpc) is 2.67. The summed E-state index contributed by atoms with van der Waals surface area (Å²) in [7, 11) is -4.23. The SMILES string of the molecule is CCOP(=O)(O)C(=O)C1C(C(C)=O)C1(C)C. The molecule has 3 atom stereocenters. The standard InChI is InChI=1S/C10H17O5P/c1-5-15-16(13,14)9(12)8-7(6(2)11)10(8,3)4/h7-8H,5H2,1-4H3,(H,13,14). The van der Waals surface area contributed by atoms with Crippen molar-refractivity contribution >= 4 is 18.9 Å². The fourth-order valence-corrected chi connectivity index (χ4v) is 3.58. The van der Waals surface area contributed by atoms with E-state index in [9.17, 15) is 19.0 Å². The number of hydrogen-bond acceptors (Lipinski definition) is 4. The molecule has 0 bridgehead atoms. The Morgan fingerprint density at radius 1 is 1.38 bits per heavy atom. The summed E-state index contributed by atoms with van der Waals surface area (Å²) in [6, 6.07) is 0. The quantitative estimate of drug-likeness (QED) is 0.747. The van der Waals surface area contributed by atoms with Crippen LogP contribution in [0, 0.1) is 17.3 Å². The number of rotatable bonds is 5.